The highest BCUT2D eigenvalue weighted by Crippen LogP contribution is 2.27. The summed E-state index contributed by atoms with van der Waals surface area (Å²) in [6.45, 7) is 6.33. The zero-order chi connectivity index (χ0) is 12.8. The minimum Gasteiger partial charge on any atom is -0.491 e. The third-order valence-corrected chi connectivity index (χ3v) is 3.23. The lowest BCUT2D eigenvalue weighted by Gasteiger charge is -2.17. The van der Waals surface area contributed by atoms with Gasteiger partial charge in [0.2, 0.25) is 0 Å². The number of rotatable bonds is 6. The molecule has 0 aliphatic carbocycles. The molecule has 0 aliphatic heterocycles. The molecule has 0 fully saturated rings. The first-order valence-corrected chi connectivity index (χ1v) is 6.59. The topological polar surface area (TPSA) is 21.3 Å². The first-order valence-electron chi connectivity index (χ1n) is 6.21. The van der Waals surface area contributed by atoms with Gasteiger partial charge in [0.25, 0.3) is 0 Å². The summed E-state index contributed by atoms with van der Waals surface area (Å²) in [7, 11) is 1.93. The van der Waals surface area contributed by atoms with Crippen LogP contribution in [0.2, 0.25) is 5.02 Å². The molecule has 0 bridgehead atoms. The fourth-order valence-electron chi connectivity index (χ4n) is 1.79. The number of halogens is 1. The Hall–Kier alpha value is -0.730. The zero-order valence-electron chi connectivity index (χ0n) is 11.1. The van der Waals surface area contributed by atoms with Gasteiger partial charge in [0, 0.05) is 11.1 Å². The maximum atomic E-state index is 6.24. The van der Waals surface area contributed by atoms with Crippen LogP contribution in [-0.4, -0.2) is 13.2 Å². The fraction of sp³-hybridized carbons (Fsp3) is 0.571. The van der Waals surface area contributed by atoms with Crippen LogP contribution in [0.1, 0.15) is 45.2 Å². The highest BCUT2D eigenvalue weighted by Gasteiger charge is 2.10. The zero-order valence-corrected chi connectivity index (χ0v) is 11.8. The van der Waals surface area contributed by atoms with Gasteiger partial charge in [0.1, 0.15) is 5.75 Å². The first-order chi connectivity index (χ1) is 8.08. The highest BCUT2D eigenvalue weighted by molar-refractivity contribution is 6.31. The Morgan fingerprint density at radius 2 is 2.06 bits per heavy atom. The molecule has 1 N–H and O–H groups in total. The Morgan fingerprint density at radius 1 is 1.35 bits per heavy atom. The van der Waals surface area contributed by atoms with Crippen molar-refractivity contribution in [2.45, 2.75) is 45.8 Å². The molecule has 0 heterocycles. The van der Waals surface area contributed by atoms with E-state index in [4.69, 9.17) is 16.3 Å². The van der Waals surface area contributed by atoms with Crippen LogP contribution in [0.15, 0.2) is 18.2 Å². The Labute approximate surface area is 109 Å². The molecule has 2 unspecified atom stereocenters. The maximum Gasteiger partial charge on any atom is 0.121 e. The summed E-state index contributed by atoms with van der Waals surface area (Å²) in [5.41, 5.74) is 1.10. The number of ether oxygens (including phenoxy) is 1. The summed E-state index contributed by atoms with van der Waals surface area (Å²) in [5, 5.41) is 3.93. The van der Waals surface area contributed by atoms with E-state index in [1.165, 1.54) is 0 Å². The highest BCUT2D eigenvalue weighted by atomic mass is 35.5. The van der Waals surface area contributed by atoms with Crippen LogP contribution >= 0.6 is 11.6 Å². The molecule has 96 valence electrons. The molecular weight excluding hydrogens is 234 g/mol. The van der Waals surface area contributed by atoms with Crippen molar-refractivity contribution in [2.24, 2.45) is 0 Å². The van der Waals surface area contributed by atoms with Crippen molar-refractivity contribution >= 4 is 11.6 Å². The van der Waals surface area contributed by atoms with Gasteiger partial charge in [-0.1, -0.05) is 31.0 Å². The van der Waals surface area contributed by atoms with E-state index in [0.29, 0.717) is 0 Å². The van der Waals surface area contributed by atoms with E-state index in [2.05, 4.69) is 26.1 Å². The molecule has 0 saturated heterocycles. The lowest BCUT2D eigenvalue weighted by Crippen LogP contribution is -2.13. The Bertz CT molecular complexity index is 354. The van der Waals surface area contributed by atoms with Gasteiger partial charge in [-0.2, -0.15) is 0 Å². The molecule has 1 rings (SSSR count). The van der Waals surface area contributed by atoms with Gasteiger partial charge in [-0.15, -0.1) is 0 Å². The number of nitrogens with one attached hydrogen (secondary N) is 1. The Kier molecular flexibility index (Phi) is 5.79. The molecule has 1 aromatic rings. The van der Waals surface area contributed by atoms with Crippen molar-refractivity contribution in [3.63, 3.8) is 0 Å². The van der Waals surface area contributed by atoms with E-state index in [9.17, 15) is 0 Å². The average Bonchev–Trinajstić information content (AvgIpc) is 2.28. The van der Waals surface area contributed by atoms with E-state index in [-0.39, 0.29) is 12.1 Å². The minimum atomic E-state index is 0.239. The molecule has 3 heteroatoms. The van der Waals surface area contributed by atoms with Crippen molar-refractivity contribution in [1.29, 1.82) is 0 Å². The molecule has 0 spiro atoms. The number of hydrogen-bond acceptors (Lipinski definition) is 2. The molecule has 0 aliphatic rings. The Balaban J connectivity index is 2.75. The van der Waals surface area contributed by atoms with Crippen molar-refractivity contribution in [3.05, 3.63) is 28.8 Å². The van der Waals surface area contributed by atoms with E-state index >= 15 is 0 Å². The van der Waals surface area contributed by atoms with Crippen LogP contribution in [0.25, 0.3) is 0 Å². The molecule has 0 aromatic heterocycles. The largest absolute Gasteiger partial charge is 0.491 e. The second kappa shape index (κ2) is 6.87. The van der Waals surface area contributed by atoms with Crippen LogP contribution in [0.5, 0.6) is 5.75 Å². The van der Waals surface area contributed by atoms with Crippen LogP contribution in [0.4, 0.5) is 0 Å². The lowest BCUT2D eigenvalue weighted by molar-refractivity contribution is 0.210. The third kappa shape index (κ3) is 4.21. The maximum absolute atomic E-state index is 6.24. The van der Waals surface area contributed by atoms with Crippen molar-refractivity contribution in [1.82, 2.24) is 5.32 Å². The molecule has 0 amide bonds. The van der Waals surface area contributed by atoms with Crippen molar-refractivity contribution in [3.8, 4) is 5.75 Å². The number of benzene rings is 1. The van der Waals surface area contributed by atoms with E-state index < -0.39 is 0 Å². The summed E-state index contributed by atoms with van der Waals surface area (Å²) in [5.74, 6) is 0.850. The summed E-state index contributed by atoms with van der Waals surface area (Å²) in [4.78, 5) is 0. The van der Waals surface area contributed by atoms with Gasteiger partial charge >= 0.3 is 0 Å². The number of hydrogen-bond donors (Lipinski definition) is 1. The lowest BCUT2D eigenvalue weighted by atomic mass is 10.1. The van der Waals surface area contributed by atoms with E-state index in [1.807, 2.05) is 25.2 Å². The Morgan fingerprint density at radius 3 is 2.59 bits per heavy atom. The normalized spacial score (nSPS) is 14.4. The summed E-state index contributed by atoms with van der Waals surface area (Å²) in [6, 6.07) is 6.17. The minimum absolute atomic E-state index is 0.239. The fourth-order valence-corrected chi connectivity index (χ4v) is 2.12. The van der Waals surface area contributed by atoms with Gasteiger partial charge in [-0.3, -0.25) is 0 Å². The predicted octanol–water partition coefficient (Wildman–Crippen LogP) is 4.19. The van der Waals surface area contributed by atoms with Crippen LogP contribution in [0.3, 0.4) is 0 Å². The standard InChI is InChI=1S/C14H22ClNO/c1-5-6-10(2)17-12-7-8-13(11(3)16-4)14(15)9-12/h7-11,16H,5-6H2,1-4H3. The van der Waals surface area contributed by atoms with Gasteiger partial charge in [0.15, 0.2) is 0 Å². The van der Waals surface area contributed by atoms with E-state index in [0.717, 1.165) is 29.2 Å². The quantitative estimate of drug-likeness (QED) is 0.823. The van der Waals surface area contributed by atoms with Gasteiger partial charge in [-0.05, 0) is 45.0 Å². The summed E-state index contributed by atoms with van der Waals surface area (Å²) >= 11 is 6.24. The molecule has 17 heavy (non-hydrogen) atoms. The van der Waals surface area contributed by atoms with Crippen LogP contribution in [0, 0.1) is 0 Å². The molecule has 0 saturated carbocycles. The first kappa shape index (κ1) is 14.3. The monoisotopic (exact) mass is 255 g/mol. The van der Waals surface area contributed by atoms with Gasteiger partial charge in [-0.25, -0.2) is 0 Å². The van der Waals surface area contributed by atoms with Crippen LogP contribution < -0.4 is 10.1 Å². The summed E-state index contributed by atoms with van der Waals surface area (Å²) in [6.07, 6.45) is 2.43. The third-order valence-electron chi connectivity index (χ3n) is 2.90. The second-order valence-electron chi connectivity index (χ2n) is 4.41. The van der Waals surface area contributed by atoms with Crippen molar-refractivity contribution in [2.75, 3.05) is 7.05 Å². The molecule has 1 aromatic carbocycles. The van der Waals surface area contributed by atoms with Crippen LogP contribution in [-0.2, 0) is 0 Å². The summed E-state index contributed by atoms with van der Waals surface area (Å²) < 4.78 is 5.80. The van der Waals surface area contributed by atoms with Crippen molar-refractivity contribution < 1.29 is 4.74 Å². The molecule has 0 radical (unpaired) electrons. The average molecular weight is 256 g/mol. The van der Waals surface area contributed by atoms with Gasteiger partial charge < -0.3 is 10.1 Å². The second-order valence-corrected chi connectivity index (χ2v) is 4.82. The van der Waals surface area contributed by atoms with Gasteiger partial charge in [0.05, 0.1) is 6.10 Å². The molecule has 2 nitrogen and oxygen atoms in total. The predicted molar refractivity (Wildman–Crippen MR) is 73.9 cm³/mol. The van der Waals surface area contributed by atoms with E-state index in [1.54, 1.807) is 0 Å². The molecule has 2 atom stereocenters. The smallest absolute Gasteiger partial charge is 0.121 e. The SMILES string of the molecule is CCCC(C)Oc1ccc(C(C)NC)c(Cl)c1. The molecular formula is C14H22ClNO.